The number of halogens is 2. The van der Waals surface area contributed by atoms with Crippen LogP contribution in [0.4, 0.5) is 10.1 Å². The summed E-state index contributed by atoms with van der Waals surface area (Å²) >= 11 is 12.1. The van der Waals surface area contributed by atoms with Crippen LogP contribution in [-0.2, 0) is 0 Å². The van der Waals surface area contributed by atoms with Crippen LogP contribution in [0.1, 0.15) is 40.3 Å². The molecule has 0 aliphatic carbocycles. The highest BCUT2D eigenvalue weighted by molar-refractivity contribution is 7.80. The van der Waals surface area contributed by atoms with Crippen molar-refractivity contribution in [1.82, 2.24) is 14.9 Å². The second kappa shape index (κ2) is 8.85. The van der Waals surface area contributed by atoms with Crippen molar-refractivity contribution in [3.63, 3.8) is 0 Å². The van der Waals surface area contributed by atoms with Crippen LogP contribution in [0.5, 0.6) is 0 Å². The van der Waals surface area contributed by atoms with Crippen molar-refractivity contribution in [3.05, 3.63) is 112 Å². The van der Waals surface area contributed by atoms with Crippen LogP contribution in [-0.4, -0.2) is 14.7 Å². The van der Waals surface area contributed by atoms with E-state index >= 15 is 0 Å². The summed E-state index contributed by atoms with van der Waals surface area (Å²) in [4.78, 5) is 6.71. The summed E-state index contributed by atoms with van der Waals surface area (Å²) in [5.74, 6) is -0.282. The fourth-order valence-electron chi connectivity index (χ4n) is 4.97. The number of thiocarbonyl (C=S) groups is 1. The molecule has 172 valence electrons. The second-order valence-corrected chi connectivity index (χ2v) is 9.32. The summed E-state index contributed by atoms with van der Waals surface area (Å²) in [6, 6.07) is 19.9. The SMILES string of the molecule is Cc1c([C@@H]2[C@@H](c3ccccn3)NC(=S)N2c2ccc(F)cc2)c(C)n(-c2cccc(Cl)c2)c1C. The van der Waals surface area contributed by atoms with Gasteiger partial charge >= 0.3 is 0 Å². The van der Waals surface area contributed by atoms with Gasteiger partial charge < -0.3 is 14.8 Å². The molecule has 3 heterocycles. The summed E-state index contributed by atoms with van der Waals surface area (Å²) in [5.41, 5.74) is 7.29. The second-order valence-electron chi connectivity index (χ2n) is 8.50. The van der Waals surface area contributed by atoms with Crippen molar-refractivity contribution in [3.8, 4) is 5.69 Å². The molecule has 4 aromatic rings. The van der Waals surface area contributed by atoms with Gasteiger partial charge in [-0.25, -0.2) is 4.39 Å². The van der Waals surface area contributed by atoms with Crippen molar-refractivity contribution < 1.29 is 4.39 Å². The van der Waals surface area contributed by atoms with Crippen molar-refractivity contribution in [1.29, 1.82) is 0 Å². The zero-order valence-corrected chi connectivity index (χ0v) is 20.7. The number of pyridine rings is 1. The minimum Gasteiger partial charge on any atom is -0.351 e. The van der Waals surface area contributed by atoms with Crippen molar-refractivity contribution in [2.75, 3.05) is 4.90 Å². The van der Waals surface area contributed by atoms with E-state index in [0.29, 0.717) is 10.1 Å². The average molecular weight is 491 g/mol. The molecule has 2 aromatic heterocycles. The molecule has 1 aliphatic heterocycles. The molecule has 2 aromatic carbocycles. The Morgan fingerprint density at radius 2 is 1.71 bits per heavy atom. The number of nitrogens with one attached hydrogen (secondary N) is 1. The fraction of sp³-hybridized carbons (Fsp3) is 0.185. The van der Waals surface area contributed by atoms with Crippen LogP contribution in [0, 0.1) is 26.6 Å². The molecule has 5 rings (SSSR count). The van der Waals surface area contributed by atoms with Gasteiger partial charge in [0, 0.05) is 39.5 Å². The number of anilines is 1. The van der Waals surface area contributed by atoms with E-state index in [9.17, 15) is 4.39 Å². The lowest BCUT2D eigenvalue weighted by atomic mass is 9.93. The molecular formula is C27H24ClFN4S. The third kappa shape index (κ3) is 3.77. The Balaban J connectivity index is 1.73. The average Bonchev–Trinajstić information content (AvgIpc) is 3.27. The van der Waals surface area contributed by atoms with E-state index in [4.69, 9.17) is 23.8 Å². The molecule has 1 aliphatic rings. The molecule has 0 amide bonds. The molecule has 1 saturated heterocycles. The molecule has 1 fully saturated rings. The molecule has 0 unspecified atom stereocenters. The first-order chi connectivity index (χ1) is 16.4. The quantitative estimate of drug-likeness (QED) is 0.320. The van der Waals surface area contributed by atoms with Crippen molar-refractivity contribution >= 4 is 34.6 Å². The molecule has 0 saturated carbocycles. The molecule has 0 bridgehead atoms. The van der Waals surface area contributed by atoms with Gasteiger partial charge in [0.2, 0.25) is 0 Å². The molecular weight excluding hydrogens is 467 g/mol. The number of benzene rings is 2. The van der Waals surface area contributed by atoms with Crippen molar-refractivity contribution in [2.24, 2.45) is 0 Å². The molecule has 0 radical (unpaired) electrons. The van der Waals surface area contributed by atoms with Crippen LogP contribution in [0.3, 0.4) is 0 Å². The lowest BCUT2D eigenvalue weighted by molar-refractivity contribution is 0.563. The van der Waals surface area contributed by atoms with Crippen LogP contribution < -0.4 is 10.2 Å². The van der Waals surface area contributed by atoms with Crippen LogP contribution in [0.25, 0.3) is 5.69 Å². The van der Waals surface area contributed by atoms with Gasteiger partial charge in [-0.15, -0.1) is 0 Å². The van der Waals surface area contributed by atoms with Gasteiger partial charge in [-0.2, -0.15) is 0 Å². The van der Waals surface area contributed by atoms with E-state index < -0.39 is 0 Å². The Bertz CT molecular complexity index is 1370. The highest BCUT2D eigenvalue weighted by Crippen LogP contribution is 2.45. The van der Waals surface area contributed by atoms with Crippen LogP contribution in [0.15, 0.2) is 72.9 Å². The Kier molecular flexibility index (Phi) is 5.88. The summed E-state index contributed by atoms with van der Waals surface area (Å²) < 4.78 is 16.0. The maximum Gasteiger partial charge on any atom is 0.174 e. The normalized spacial score (nSPS) is 17.8. The maximum atomic E-state index is 13.7. The number of hydrogen-bond acceptors (Lipinski definition) is 2. The molecule has 7 heteroatoms. The predicted molar refractivity (Wildman–Crippen MR) is 139 cm³/mol. The standard InChI is InChI=1S/C27H24ClFN4S/c1-16-17(2)32(22-8-6-7-19(28)15-22)18(3)24(16)26-25(23-9-4-5-14-30-23)31-27(34)33(26)21-12-10-20(29)11-13-21/h4-15,25-26H,1-3H3,(H,31,34)/t25-,26-/m1/s1. The molecule has 1 N–H and O–H groups in total. The lowest BCUT2D eigenvalue weighted by Gasteiger charge is -2.29. The highest BCUT2D eigenvalue weighted by Gasteiger charge is 2.43. The number of nitrogens with zero attached hydrogens (tertiary/aromatic N) is 3. The highest BCUT2D eigenvalue weighted by atomic mass is 35.5. The first-order valence-corrected chi connectivity index (χ1v) is 11.9. The van der Waals surface area contributed by atoms with Gasteiger partial charge in [-0.3, -0.25) is 4.98 Å². The maximum absolute atomic E-state index is 13.7. The zero-order chi connectivity index (χ0) is 24.0. The number of hydrogen-bond donors (Lipinski definition) is 1. The summed E-state index contributed by atoms with van der Waals surface area (Å²) in [6.07, 6.45) is 1.79. The zero-order valence-electron chi connectivity index (χ0n) is 19.1. The molecule has 2 atom stereocenters. The van der Waals surface area contributed by atoms with Gasteiger partial charge in [0.05, 0.1) is 17.8 Å². The van der Waals surface area contributed by atoms with Crippen LogP contribution >= 0.6 is 23.8 Å². The molecule has 0 spiro atoms. The Hall–Kier alpha value is -3.22. The minimum absolute atomic E-state index is 0.174. The topological polar surface area (TPSA) is 33.1 Å². The minimum atomic E-state index is -0.282. The van der Waals surface area contributed by atoms with E-state index in [1.54, 1.807) is 18.3 Å². The van der Waals surface area contributed by atoms with E-state index in [1.165, 1.54) is 17.7 Å². The summed E-state index contributed by atoms with van der Waals surface area (Å²) in [5, 5.41) is 4.75. The fourth-order valence-corrected chi connectivity index (χ4v) is 5.50. The van der Waals surface area contributed by atoms with E-state index in [-0.39, 0.29) is 17.9 Å². The Morgan fingerprint density at radius 1 is 0.941 bits per heavy atom. The first kappa shape index (κ1) is 22.6. The van der Waals surface area contributed by atoms with E-state index in [0.717, 1.165) is 34.0 Å². The monoisotopic (exact) mass is 490 g/mol. The lowest BCUT2D eigenvalue weighted by Crippen LogP contribution is -2.29. The smallest absolute Gasteiger partial charge is 0.174 e. The third-order valence-electron chi connectivity index (χ3n) is 6.57. The molecule has 34 heavy (non-hydrogen) atoms. The summed E-state index contributed by atoms with van der Waals surface area (Å²) in [7, 11) is 0. The van der Waals surface area contributed by atoms with Gasteiger partial charge in [-0.1, -0.05) is 23.7 Å². The van der Waals surface area contributed by atoms with Gasteiger partial charge in [0.15, 0.2) is 5.11 Å². The van der Waals surface area contributed by atoms with Crippen LogP contribution in [0.2, 0.25) is 5.02 Å². The van der Waals surface area contributed by atoms with Gasteiger partial charge in [0.25, 0.3) is 0 Å². The van der Waals surface area contributed by atoms with E-state index in [1.807, 2.05) is 36.4 Å². The predicted octanol–water partition coefficient (Wildman–Crippen LogP) is 6.77. The number of rotatable bonds is 4. The Morgan fingerprint density at radius 3 is 2.38 bits per heavy atom. The molecule has 4 nitrogen and oxygen atoms in total. The third-order valence-corrected chi connectivity index (χ3v) is 7.12. The van der Waals surface area contributed by atoms with E-state index in [2.05, 4.69) is 46.6 Å². The first-order valence-electron chi connectivity index (χ1n) is 11.1. The van der Waals surface area contributed by atoms with Gasteiger partial charge in [-0.05, 0) is 93.1 Å². The van der Waals surface area contributed by atoms with Crippen molar-refractivity contribution in [2.45, 2.75) is 32.9 Å². The largest absolute Gasteiger partial charge is 0.351 e. The summed E-state index contributed by atoms with van der Waals surface area (Å²) in [6.45, 7) is 6.37. The number of aromatic nitrogens is 2. The van der Waals surface area contributed by atoms with Gasteiger partial charge in [0.1, 0.15) is 5.82 Å². The Labute approximate surface area is 209 Å².